The first-order valence-corrected chi connectivity index (χ1v) is 12.3. The quantitative estimate of drug-likeness (QED) is 0.303. The number of pyridine rings is 1. The van der Waals surface area contributed by atoms with Crippen molar-refractivity contribution in [1.29, 1.82) is 0 Å². The van der Waals surface area contributed by atoms with Gasteiger partial charge in [0, 0.05) is 44.2 Å². The number of hydrogen-bond acceptors (Lipinski definition) is 4. The molecule has 2 heterocycles. The lowest BCUT2D eigenvalue weighted by Crippen LogP contribution is -2.22. The van der Waals surface area contributed by atoms with Gasteiger partial charge in [0.25, 0.3) is 0 Å². The van der Waals surface area contributed by atoms with E-state index in [1.54, 1.807) is 12.4 Å². The van der Waals surface area contributed by atoms with Crippen LogP contribution in [-0.4, -0.2) is 29.4 Å². The van der Waals surface area contributed by atoms with Crippen LogP contribution in [0.5, 0.6) is 0 Å². The summed E-state index contributed by atoms with van der Waals surface area (Å²) in [5.41, 5.74) is 1.92. The van der Waals surface area contributed by atoms with Crippen LogP contribution < -0.4 is 5.32 Å². The normalized spacial score (nSPS) is 10.7. The maximum Gasteiger partial charge on any atom is 0.139 e. The van der Waals surface area contributed by atoms with Gasteiger partial charge in [-0.3, -0.25) is 4.98 Å². The van der Waals surface area contributed by atoms with E-state index < -0.39 is 8.07 Å². The van der Waals surface area contributed by atoms with Crippen molar-refractivity contribution in [3.8, 4) is 12.5 Å². The van der Waals surface area contributed by atoms with Crippen LogP contribution >= 0.6 is 0 Å². The predicted octanol–water partition coefficient (Wildman–Crippen LogP) is 4.43. The monoisotopic (exact) mass is 366 g/mol. The van der Waals surface area contributed by atoms with Crippen LogP contribution in [0.4, 0.5) is 5.69 Å². The fourth-order valence-electron chi connectivity index (χ4n) is 2.18. The Morgan fingerprint density at radius 3 is 2.54 bits per heavy atom. The molecule has 0 atom stereocenters. The molecule has 26 heavy (non-hydrogen) atoms. The Morgan fingerprint density at radius 2 is 1.96 bits per heavy atom. The molecule has 5 nitrogen and oxygen atoms in total. The minimum absolute atomic E-state index is 0.480. The summed E-state index contributed by atoms with van der Waals surface area (Å²) >= 11 is 0. The fourth-order valence-corrected chi connectivity index (χ4v) is 2.93. The van der Waals surface area contributed by atoms with Crippen molar-refractivity contribution in [2.45, 2.75) is 32.4 Å². The molecule has 3 rings (SSSR count). The first-order chi connectivity index (χ1) is 12.5. The summed E-state index contributed by atoms with van der Waals surface area (Å²) in [6.45, 7) is 8.30. The maximum absolute atomic E-state index is 5.74. The standard InChI is InChI=1S/C15H21N3OSi.C5H5N/c1-5-16-14-7-6-13-11-17-18(15(13)10-14)12-19-8-9-20(2,3)4;1-2-4-6-5-3-1/h1,6-7,10-11,16H,8-9,12H2,2-4H3;1-5H. The number of fused-ring (bicyclic) bond motifs is 1. The summed E-state index contributed by atoms with van der Waals surface area (Å²) in [5, 5.41) is 8.29. The zero-order valence-electron chi connectivity index (χ0n) is 15.6. The summed E-state index contributed by atoms with van der Waals surface area (Å²) in [6.07, 6.45) is 10.6. The van der Waals surface area contributed by atoms with E-state index in [9.17, 15) is 0 Å². The first kappa shape index (κ1) is 19.7. The molecular weight excluding hydrogens is 340 g/mol. The van der Waals surface area contributed by atoms with Crippen LogP contribution in [-0.2, 0) is 11.5 Å². The van der Waals surface area contributed by atoms with Gasteiger partial charge in [-0.05, 0) is 36.4 Å². The molecule has 1 N–H and O–H groups in total. The third-order valence-electron chi connectivity index (χ3n) is 3.64. The largest absolute Gasteiger partial charge is 0.360 e. The Balaban J connectivity index is 0.000000342. The molecule has 0 aliphatic heterocycles. The van der Waals surface area contributed by atoms with Gasteiger partial charge in [-0.25, -0.2) is 4.68 Å². The van der Waals surface area contributed by atoms with E-state index in [-0.39, 0.29) is 0 Å². The van der Waals surface area contributed by atoms with Crippen LogP contribution in [0.25, 0.3) is 10.9 Å². The third kappa shape index (κ3) is 6.71. The molecule has 0 amide bonds. The molecular formula is C20H26N4OSi. The molecule has 3 aromatic rings. The zero-order valence-corrected chi connectivity index (χ0v) is 16.6. The van der Waals surface area contributed by atoms with Crippen molar-refractivity contribution in [2.24, 2.45) is 0 Å². The van der Waals surface area contributed by atoms with Gasteiger partial charge in [0.15, 0.2) is 0 Å². The van der Waals surface area contributed by atoms with E-state index in [0.29, 0.717) is 6.73 Å². The van der Waals surface area contributed by atoms with Crippen LogP contribution in [0.2, 0.25) is 25.7 Å². The summed E-state index contributed by atoms with van der Waals surface area (Å²) in [7, 11) is -1.04. The molecule has 2 aromatic heterocycles. The van der Waals surface area contributed by atoms with Gasteiger partial charge < -0.3 is 10.1 Å². The van der Waals surface area contributed by atoms with E-state index in [4.69, 9.17) is 11.2 Å². The maximum atomic E-state index is 5.74. The van der Waals surface area contributed by atoms with E-state index in [2.05, 4.69) is 41.1 Å². The highest BCUT2D eigenvalue weighted by molar-refractivity contribution is 6.76. The lowest BCUT2D eigenvalue weighted by molar-refractivity contribution is 0.0817. The number of nitrogens with one attached hydrogen (secondary N) is 1. The third-order valence-corrected chi connectivity index (χ3v) is 5.34. The summed E-state index contributed by atoms with van der Waals surface area (Å²) in [4.78, 5) is 3.78. The highest BCUT2D eigenvalue weighted by atomic mass is 28.3. The molecule has 0 saturated carbocycles. The SMILES string of the molecule is C#CNc1ccc2cnn(COCC[Si](C)(C)C)c2c1.c1ccncc1. The molecule has 6 heteroatoms. The second-order valence-corrected chi connectivity index (χ2v) is 12.7. The molecule has 0 saturated heterocycles. The van der Waals surface area contributed by atoms with Crippen molar-refractivity contribution in [1.82, 2.24) is 14.8 Å². The fraction of sp³-hybridized carbons (Fsp3) is 0.300. The van der Waals surface area contributed by atoms with Crippen molar-refractivity contribution >= 4 is 24.7 Å². The lowest BCUT2D eigenvalue weighted by Gasteiger charge is -2.15. The van der Waals surface area contributed by atoms with E-state index in [1.807, 2.05) is 47.3 Å². The molecule has 0 spiro atoms. The average Bonchev–Trinajstić information content (AvgIpc) is 3.03. The van der Waals surface area contributed by atoms with Gasteiger partial charge in [0.05, 0.1) is 11.7 Å². The minimum Gasteiger partial charge on any atom is -0.360 e. The molecule has 0 aliphatic carbocycles. The number of terminal acetylenes is 1. The molecule has 1 aromatic carbocycles. The number of ether oxygens (including phenoxy) is 1. The second kappa shape index (κ2) is 9.75. The number of nitrogens with zero attached hydrogens (tertiary/aromatic N) is 3. The molecule has 0 aliphatic rings. The smallest absolute Gasteiger partial charge is 0.139 e. The molecule has 0 fully saturated rings. The van der Waals surface area contributed by atoms with Crippen LogP contribution in [0.1, 0.15) is 0 Å². The van der Waals surface area contributed by atoms with Crippen LogP contribution in [0.15, 0.2) is 55.0 Å². The highest BCUT2D eigenvalue weighted by Gasteiger charge is 2.12. The van der Waals surface area contributed by atoms with Crippen LogP contribution in [0, 0.1) is 12.5 Å². The Kier molecular flexibility index (Phi) is 7.39. The topological polar surface area (TPSA) is 52.0 Å². The Labute approximate surface area is 156 Å². The van der Waals surface area contributed by atoms with Gasteiger partial charge in [0.2, 0.25) is 0 Å². The Bertz CT molecular complexity index is 808. The van der Waals surface area contributed by atoms with Gasteiger partial charge in [-0.2, -0.15) is 5.10 Å². The van der Waals surface area contributed by atoms with Crippen LogP contribution in [0.3, 0.4) is 0 Å². The molecule has 0 unspecified atom stereocenters. The number of rotatable bonds is 6. The van der Waals surface area contributed by atoms with E-state index in [1.165, 1.54) is 0 Å². The number of aromatic nitrogens is 3. The molecule has 0 radical (unpaired) electrons. The predicted molar refractivity (Wildman–Crippen MR) is 111 cm³/mol. The van der Waals surface area contributed by atoms with Crippen molar-refractivity contribution in [3.63, 3.8) is 0 Å². The second-order valence-electron chi connectivity index (χ2n) is 7.06. The van der Waals surface area contributed by atoms with Crippen molar-refractivity contribution in [2.75, 3.05) is 11.9 Å². The average molecular weight is 367 g/mol. The van der Waals surface area contributed by atoms with Crippen molar-refractivity contribution in [3.05, 3.63) is 55.0 Å². The summed E-state index contributed by atoms with van der Waals surface area (Å²) < 4.78 is 7.60. The Morgan fingerprint density at radius 1 is 1.19 bits per heavy atom. The summed E-state index contributed by atoms with van der Waals surface area (Å²) in [5.74, 6) is 0. The number of anilines is 1. The van der Waals surface area contributed by atoms with E-state index >= 15 is 0 Å². The highest BCUT2D eigenvalue weighted by Crippen LogP contribution is 2.19. The summed E-state index contributed by atoms with van der Waals surface area (Å²) in [6, 6.07) is 15.2. The van der Waals surface area contributed by atoms with E-state index in [0.717, 1.165) is 29.2 Å². The molecule has 136 valence electrons. The molecule has 0 bridgehead atoms. The van der Waals surface area contributed by atoms with Crippen molar-refractivity contribution < 1.29 is 4.74 Å². The zero-order chi connectivity index (χ0) is 18.8. The van der Waals surface area contributed by atoms with Gasteiger partial charge >= 0.3 is 0 Å². The Hall–Kier alpha value is -2.62. The number of hydrogen-bond donors (Lipinski definition) is 1. The lowest BCUT2D eigenvalue weighted by atomic mass is 10.2. The number of benzene rings is 1. The minimum atomic E-state index is -1.04. The van der Waals surface area contributed by atoms with Gasteiger partial charge in [-0.1, -0.05) is 32.1 Å². The van der Waals surface area contributed by atoms with Gasteiger partial charge in [-0.15, -0.1) is 0 Å². The van der Waals surface area contributed by atoms with Gasteiger partial charge in [0.1, 0.15) is 6.73 Å². The first-order valence-electron chi connectivity index (χ1n) is 8.59.